The fourth-order valence-electron chi connectivity index (χ4n) is 2.43. The van der Waals surface area contributed by atoms with Crippen LogP contribution in [0.2, 0.25) is 0 Å². The van der Waals surface area contributed by atoms with E-state index in [-0.39, 0.29) is 24.4 Å². The zero-order valence-corrected chi connectivity index (χ0v) is 13.7. The first-order valence-corrected chi connectivity index (χ1v) is 7.14. The molecule has 0 radical (unpaired) electrons. The van der Waals surface area contributed by atoms with Crippen LogP contribution in [0.1, 0.15) is 29.5 Å². The molecule has 1 aliphatic heterocycles. The van der Waals surface area contributed by atoms with E-state index in [1.54, 1.807) is 0 Å². The third-order valence-corrected chi connectivity index (χ3v) is 3.93. The van der Waals surface area contributed by atoms with Crippen molar-refractivity contribution in [2.75, 3.05) is 6.54 Å². The van der Waals surface area contributed by atoms with Crippen molar-refractivity contribution in [3.63, 3.8) is 0 Å². The van der Waals surface area contributed by atoms with Crippen LogP contribution in [0, 0.1) is 13.8 Å². The van der Waals surface area contributed by atoms with E-state index in [4.69, 9.17) is 0 Å². The van der Waals surface area contributed by atoms with Gasteiger partial charge in [0.2, 0.25) is 5.91 Å². The van der Waals surface area contributed by atoms with E-state index in [1.165, 1.54) is 16.7 Å². The van der Waals surface area contributed by atoms with Crippen molar-refractivity contribution in [3.8, 4) is 0 Å². The van der Waals surface area contributed by atoms with Gasteiger partial charge in [-0.05, 0) is 62.1 Å². The Morgan fingerprint density at radius 1 is 1.42 bits per heavy atom. The maximum absolute atomic E-state index is 11.9. The number of aryl methyl sites for hydroxylation is 2. The topological polar surface area (TPSA) is 41.1 Å². The average Bonchev–Trinajstić information content (AvgIpc) is 2.80. The Kier molecular flexibility index (Phi) is 6.30. The van der Waals surface area contributed by atoms with E-state index < -0.39 is 0 Å². The summed E-state index contributed by atoms with van der Waals surface area (Å²) >= 11 is 3.48. The van der Waals surface area contributed by atoms with Gasteiger partial charge in [0, 0.05) is 11.0 Å². The van der Waals surface area contributed by atoms with Gasteiger partial charge in [-0.2, -0.15) is 0 Å². The molecule has 2 N–H and O–H groups in total. The van der Waals surface area contributed by atoms with Crippen molar-refractivity contribution in [1.82, 2.24) is 10.6 Å². The summed E-state index contributed by atoms with van der Waals surface area (Å²) in [4.78, 5) is 11.9. The smallest absolute Gasteiger partial charge is 0.237 e. The lowest BCUT2D eigenvalue weighted by molar-refractivity contribution is -0.122. The number of rotatable bonds is 3. The van der Waals surface area contributed by atoms with Crippen LogP contribution in [0.5, 0.6) is 0 Å². The summed E-state index contributed by atoms with van der Waals surface area (Å²) in [5, 5.41) is 6.24. The molecule has 1 aromatic rings. The van der Waals surface area contributed by atoms with Crippen molar-refractivity contribution in [1.29, 1.82) is 0 Å². The van der Waals surface area contributed by atoms with E-state index in [2.05, 4.69) is 52.5 Å². The third-order valence-electron chi connectivity index (χ3n) is 3.48. The van der Waals surface area contributed by atoms with E-state index >= 15 is 0 Å². The molecular weight excluding hydrogens is 328 g/mol. The van der Waals surface area contributed by atoms with Crippen LogP contribution in [0.15, 0.2) is 16.6 Å². The van der Waals surface area contributed by atoms with Gasteiger partial charge in [0.25, 0.3) is 0 Å². The van der Waals surface area contributed by atoms with Gasteiger partial charge in [-0.1, -0.05) is 15.9 Å². The van der Waals surface area contributed by atoms with Crippen LogP contribution in [0.25, 0.3) is 0 Å². The van der Waals surface area contributed by atoms with Crippen molar-refractivity contribution in [3.05, 3.63) is 33.3 Å². The number of nitrogens with one attached hydrogen (secondary N) is 2. The number of carbonyl (C=O) groups is 1. The summed E-state index contributed by atoms with van der Waals surface area (Å²) in [5.41, 5.74) is 3.63. The third kappa shape index (κ3) is 4.20. The normalized spacial score (nSPS) is 17.9. The summed E-state index contributed by atoms with van der Waals surface area (Å²) in [6.45, 7) is 5.72. The zero-order valence-electron chi connectivity index (χ0n) is 11.3. The van der Waals surface area contributed by atoms with E-state index in [0.29, 0.717) is 6.54 Å². The fraction of sp³-hybridized carbons (Fsp3) is 0.500. The number of benzene rings is 1. The lowest BCUT2D eigenvalue weighted by Crippen LogP contribution is -2.40. The second kappa shape index (κ2) is 7.27. The highest BCUT2D eigenvalue weighted by atomic mass is 79.9. The van der Waals surface area contributed by atoms with Crippen LogP contribution in [-0.2, 0) is 11.3 Å². The molecule has 1 saturated heterocycles. The van der Waals surface area contributed by atoms with Gasteiger partial charge in [0.1, 0.15) is 0 Å². The summed E-state index contributed by atoms with van der Waals surface area (Å²) in [6, 6.07) is 4.17. The number of halogens is 2. The standard InChI is InChI=1S/C14H19BrN2O.ClH/c1-9-6-11(15)7-10(2)12(9)8-17-14(18)13-4-3-5-16-13;/h6-7,13,16H,3-5,8H2,1-2H3,(H,17,18);1H. The van der Waals surface area contributed by atoms with E-state index in [1.807, 2.05) is 0 Å². The van der Waals surface area contributed by atoms with E-state index in [0.717, 1.165) is 23.9 Å². The fourth-order valence-corrected chi connectivity index (χ4v) is 3.11. The highest BCUT2D eigenvalue weighted by molar-refractivity contribution is 9.10. The minimum atomic E-state index is 0. The SMILES string of the molecule is Cc1cc(Br)cc(C)c1CNC(=O)C1CCCN1.Cl. The minimum absolute atomic E-state index is 0. The molecule has 19 heavy (non-hydrogen) atoms. The molecule has 1 heterocycles. The molecular formula is C14H20BrClN2O. The van der Waals surface area contributed by atoms with Gasteiger partial charge in [-0.15, -0.1) is 12.4 Å². The second-order valence-corrected chi connectivity index (χ2v) is 5.80. The monoisotopic (exact) mass is 346 g/mol. The predicted octanol–water partition coefficient (Wildman–Crippen LogP) is 2.86. The Hall–Kier alpha value is -0.580. The van der Waals surface area contributed by atoms with Crippen LogP contribution in [0.3, 0.4) is 0 Å². The van der Waals surface area contributed by atoms with Crippen molar-refractivity contribution < 1.29 is 4.79 Å². The predicted molar refractivity (Wildman–Crippen MR) is 83.7 cm³/mol. The summed E-state index contributed by atoms with van der Waals surface area (Å²) < 4.78 is 1.09. The summed E-state index contributed by atoms with van der Waals surface area (Å²) in [6.07, 6.45) is 2.04. The van der Waals surface area contributed by atoms with Crippen molar-refractivity contribution >= 4 is 34.2 Å². The minimum Gasteiger partial charge on any atom is -0.351 e. The van der Waals surface area contributed by atoms with Gasteiger partial charge in [-0.25, -0.2) is 0 Å². The first-order chi connectivity index (χ1) is 8.58. The van der Waals surface area contributed by atoms with E-state index in [9.17, 15) is 4.79 Å². The second-order valence-electron chi connectivity index (χ2n) is 4.88. The molecule has 0 aromatic heterocycles. The number of amides is 1. The van der Waals surface area contributed by atoms with Crippen molar-refractivity contribution in [2.45, 2.75) is 39.3 Å². The Bertz CT molecular complexity index is 436. The summed E-state index contributed by atoms with van der Waals surface area (Å²) in [5.74, 6) is 0.120. The number of hydrogen-bond acceptors (Lipinski definition) is 2. The molecule has 1 amide bonds. The Morgan fingerprint density at radius 3 is 2.58 bits per heavy atom. The quantitative estimate of drug-likeness (QED) is 0.883. The lowest BCUT2D eigenvalue weighted by Gasteiger charge is -2.14. The largest absolute Gasteiger partial charge is 0.351 e. The molecule has 1 unspecified atom stereocenters. The molecule has 1 aliphatic rings. The zero-order chi connectivity index (χ0) is 13.1. The Morgan fingerprint density at radius 2 is 2.05 bits per heavy atom. The molecule has 1 fully saturated rings. The molecule has 3 nitrogen and oxygen atoms in total. The average molecular weight is 348 g/mol. The van der Waals surface area contributed by atoms with Gasteiger partial charge in [-0.3, -0.25) is 4.79 Å². The number of hydrogen-bond donors (Lipinski definition) is 2. The molecule has 0 spiro atoms. The molecule has 0 bridgehead atoms. The van der Waals surface area contributed by atoms with Gasteiger partial charge >= 0.3 is 0 Å². The Labute approximate surface area is 129 Å². The van der Waals surface area contributed by atoms with Gasteiger partial charge in [0.05, 0.1) is 6.04 Å². The highest BCUT2D eigenvalue weighted by Gasteiger charge is 2.21. The van der Waals surface area contributed by atoms with Gasteiger partial charge < -0.3 is 10.6 Å². The molecule has 5 heteroatoms. The Balaban J connectivity index is 0.00000180. The van der Waals surface area contributed by atoms with Crippen LogP contribution < -0.4 is 10.6 Å². The first kappa shape index (κ1) is 16.5. The molecule has 106 valence electrons. The van der Waals surface area contributed by atoms with Crippen molar-refractivity contribution in [2.24, 2.45) is 0 Å². The lowest BCUT2D eigenvalue weighted by atomic mass is 10.0. The first-order valence-electron chi connectivity index (χ1n) is 6.34. The molecule has 1 atom stereocenters. The van der Waals surface area contributed by atoms with Gasteiger partial charge in [0.15, 0.2) is 0 Å². The van der Waals surface area contributed by atoms with Crippen LogP contribution >= 0.6 is 28.3 Å². The van der Waals surface area contributed by atoms with Crippen LogP contribution in [0.4, 0.5) is 0 Å². The molecule has 0 aliphatic carbocycles. The maximum atomic E-state index is 11.9. The maximum Gasteiger partial charge on any atom is 0.237 e. The molecule has 2 rings (SSSR count). The highest BCUT2D eigenvalue weighted by Crippen LogP contribution is 2.20. The van der Waals surface area contributed by atoms with Crippen LogP contribution in [-0.4, -0.2) is 18.5 Å². The molecule has 1 aromatic carbocycles. The molecule has 0 saturated carbocycles. The number of carbonyl (C=O) groups excluding carboxylic acids is 1. The summed E-state index contributed by atoms with van der Waals surface area (Å²) in [7, 11) is 0.